The highest BCUT2D eigenvalue weighted by molar-refractivity contribution is 7.15. The van der Waals surface area contributed by atoms with Crippen LogP contribution in [0.25, 0.3) is 0 Å². The lowest BCUT2D eigenvalue weighted by Gasteiger charge is -2.49. The molecule has 1 saturated carbocycles. The first kappa shape index (κ1) is 16.7. The number of hydrogen-bond donors (Lipinski definition) is 1. The van der Waals surface area contributed by atoms with Crippen LogP contribution in [0.15, 0.2) is 6.20 Å². The topological polar surface area (TPSA) is 31.4 Å². The fraction of sp³-hybridized carbons (Fsp3) is 0.812. The van der Waals surface area contributed by atoms with Crippen molar-refractivity contribution in [2.24, 2.45) is 0 Å². The van der Waals surface area contributed by atoms with Crippen LogP contribution in [-0.2, 0) is 6.54 Å². The Labute approximate surface area is 133 Å². The lowest BCUT2D eigenvalue weighted by atomic mass is 9.75. The van der Waals surface area contributed by atoms with Gasteiger partial charge in [-0.3, -0.25) is 0 Å². The van der Waals surface area contributed by atoms with Crippen molar-refractivity contribution < 1.29 is 0 Å². The Bertz CT molecular complexity index is 457. The molecule has 1 aromatic heterocycles. The van der Waals surface area contributed by atoms with Gasteiger partial charge in [-0.1, -0.05) is 0 Å². The maximum atomic E-state index is 4.60. The van der Waals surface area contributed by atoms with Gasteiger partial charge in [-0.25, -0.2) is 4.98 Å². The molecule has 21 heavy (non-hydrogen) atoms. The van der Waals surface area contributed by atoms with Crippen LogP contribution in [0.3, 0.4) is 0 Å². The van der Waals surface area contributed by atoms with Crippen molar-refractivity contribution in [2.75, 3.05) is 32.6 Å². The van der Waals surface area contributed by atoms with Gasteiger partial charge in [0.15, 0.2) is 5.13 Å². The second-order valence-corrected chi connectivity index (χ2v) is 8.63. The molecule has 0 aromatic carbocycles. The first-order valence-corrected chi connectivity index (χ1v) is 8.62. The van der Waals surface area contributed by atoms with E-state index in [0.29, 0.717) is 5.54 Å². The van der Waals surface area contributed by atoms with Crippen LogP contribution in [0, 0.1) is 0 Å². The lowest BCUT2D eigenvalue weighted by molar-refractivity contribution is 0.0683. The number of hydrogen-bond acceptors (Lipinski definition) is 5. The fourth-order valence-corrected chi connectivity index (χ4v) is 3.56. The van der Waals surface area contributed by atoms with Crippen LogP contribution in [-0.4, -0.2) is 48.6 Å². The van der Waals surface area contributed by atoms with Gasteiger partial charge in [-0.15, -0.1) is 11.3 Å². The fourth-order valence-electron chi connectivity index (χ4n) is 2.75. The molecule has 0 bridgehead atoms. The van der Waals surface area contributed by atoms with E-state index < -0.39 is 0 Å². The molecule has 0 amide bonds. The number of nitrogens with one attached hydrogen (secondary N) is 1. The summed E-state index contributed by atoms with van der Waals surface area (Å²) in [5.74, 6) is 0. The molecule has 1 aromatic rings. The van der Waals surface area contributed by atoms with E-state index in [9.17, 15) is 0 Å². The van der Waals surface area contributed by atoms with Gasteiger partial charge < -0.3 is 15.1 Å². The maximum absolute atomic E-state index is 4.60. The third kappa shape index (κ3) is 4.18. The summed E-state index contributed by atoms with van der Waals surface area (Å²) in [6.45, 7) is 8.54. The van der Waals surface area contributed by atoms with Crippen molar-refractivity contribution in [3.05, 3.63) is 11.1 Å². The zero-order valence-corrected chi connectivity index (χ0v) is 15.2. The summed E-state index contributed by atoms with van der Waals surface area (Å²) in [4.78, 5) is 10.6. The van der Waals surface area contributed by atoms with Crippen molar-refractivity contribution in [3.8, 4) is 0 Å². The minimum absolute atomic E-state index is 0.150. The molecule has 1 fully saturated rings. The normalized spacial score (nSPS) is 17.9. The number of anilines is 1. The smallest absolute Gasteiger partial charge is 0.185 e. The first-order chi connectivity index (χ1) is 9.72. The molecule has 120 valence electrons. The van der Waals surface area contributed by atoms with E-state index in [4.69, 9.17) is 0 Å². The standard InChI is InChI=1S/C16H30N4S/c1-15(2,3)18-11-13-10-17-14(21-13)20(6)12-16(19(4)5)8-7-9-16/h10,18H,7-9,11-12H2,1-6H3. The average molecular weight is 311 g/mol. The van der Waals surface area contributed by atoms with Crippen molar-refractivity contribution in [1.82, 2.24) is 15.2 Å². The van der Waals surface area contributed by atoms with Crippen molar-refractivity contribution in [2.45, 2.75) is 57.7 Å². The molecular weight excluding hydrogens is 280 g/mol. The molecule has 0 aliphatic heterocycles. The molecule has 0 spiro atoms. The largest absolute Gasteiger partial charge is 0.349 e. The van der Waals surface area contributed by atoms with Crippen LogP contribution in [0.4, 0.5) is 5.13 Å². The van der Waals surface area contributed by atoms with Gasteiger partial charge in [-0.05, 0) is 54.1 Å². The lowest BCUT2D eigenvalue weighted by Crippen LogP contribution is -2.56. The van der Waals surface area contributed by atoms with Crippen LogP contribution >= 0.6 is 11.3 Å². The van der Waals surface area contributed by atoms with E-state index in [0.717, 1.165) is 18.2 Å². The van der Waals surface area contributed by atoms with Crippen LogP contribution in [0.2, 0.25) is 0 Å². The SMILES string of the molecule is CN(CC1(N(C)C)CCC1)c1ncc(CNC(C)(C)C)s1. The maximum Gasteiger partial charge on any atom is 0.185 e. The molecule has 1 aliphatic rings. The number of thiazole rings is 1. The molecule has 5 heteroatoms. The Hall–Kier alpha value is -0.650. The molecule has 2 rings (SSSR count). The number of nitrogens with zero attached hydrogens (tertiary/aromatic N) is 3. The second-order valence-electron chi connectivity index (χ2n) is 7.54. The minimum atomic E-state index is 0.150. The Balaban J connectivity index is 1.94. The highest BCUT2D eigenvalue weighted by Gasteiger charge is 2.40. The molecule has 1 N–H and O–H groups in total. The van der Waals surface area contributed by atoms with Crippen LogP contribution in [0.5, 0.6) is 0 Å². The van der Waals surface area contributed by atoms with E-state index in [2.05, 4.69) is 62.0 Å². The summed E-state index contributed by atoms with van der Waals surface area (Å²) in [6, 6.07) is 0. The zero-order valence-electron chi connectivity index (χ0n) is 14.4. The van der Waals surface area contributed by atoms with E-state index in [1.807, 2.05) is 6.20 Å². The van der Waals surface area contributed by atoms with E-state index in [-0.39, 0.29) is 5.54 Å². The molecule has 0 unspecified atom stereocenters. The van der Waals surface area contributed by atoms with Gasteiger partial charge >= 0.3 is 0 Å². The van der Waals surface area contributed by atoms with Gasteiger partial charge in [0.25, 0.3) is 0 Å². The summed E-state index contributed by atoms with van der Waals surface area (Å²) < 4.78 is 0. The first-order valence-electron chi connectivity index (χ1n) is 7.80. The third-order valence-corrected chi connectivity index (χ3v) is 5.54. The number of rotatable bonds is 6. The van der Waals surface area contributed by atoms with Gasteiger partial charge in [0.1, 0.15) is 0 Å². The van der Waals surface area contributed by atoms with Crippen molar-refractivity contribution in [3.63, 3.8) is 0 Å². The van der Waals surface area contributed by atoms with Crippen molar-refractivity contribution in [1.29, 1.82) is 0 Å². The van der Waals surface area contributed by atoms with E-state index in [1.165, 1.54) is 24.1 Å². The Morgan fingerprint density at radius 2 is 1.95 bits per heavy atom. The summed E-state index contributed by atoms with van der Waals surface area (Å²) >= 11 is 1.80. The molecule has 0 radical (unpaired) electrons. The predicted molar refractivity (Wildman–Crippen MR) is 92.2 cm³/mol. The monoisotopic (exact) mass is 310 g/mol. The molecule has 1 aliphatic carbocycles. The number of likely N-dealkylation sites (N-methyl/N-ethyl adjacent to an activating group) is 2. The Kier molecular flexibility index (Phi) is 4.96. The molecular formula is C16H30N4S. The molecule has 0 atom stereocenters. The Morgan fingerprint density at radius 1 is 1.29 bits per heavy atom. The minimum Gasteiger partial charge on any atom is -0.349 e. The highest BCUT2D eigenvalue weighted by atomic mass is 32.1. The molecule has 0 saturated heterocycles. The molecule has 4 nitrogen and oxygen atoms in total. The molecule has 1 heterocycles. The zero-order chi connectivity index (χ0) is 15.7. The van der Waals surface area contributed by atoms with Crippen LogP contribution in [0.1, 0.15) is 44.9 Å². The summed E-state index contributed by atoms with van der Waals surface area (Å²) in [5.41, 5.74) is 0.501. The Morgan fingerprint density at radius 3 is 2.43 bits per heavy atom. The van der Waals surface area contributed by atoms with Gasteiger partial charge in [-0.2, -0.15) is 0 Å². The number of aromatic nitrogens is 1. The van der Waals surface area contributed by atoms with E-state index in [1.54, 1.807) is 11.3 Å². The quantitative estimate of drug-likeness (QED) is 0.875. The summed E-state index contributed by atoms with van der Waals surface area (Å²) in [6.07, 6.45) is 5.96. The third-order valence-electron chi connectivity index (χ3n) is 4.43. The predicted octanol–water partition coefficient (Wildman–Crippen LogP) is 2.95. The van der Waals surface area contributed by atoms with Gasteiger partial charge in [0.05, 0.1) is 0 Å². The second kappa shape index (κ2) is 6.23. The van der Waals surface area contributed by atoms with Gasteiger partial charge in [0, 0.05) is 42.3 Å². The summed E-state index contributed by atoms with van der Waals surface area (Å²) in [5, 5.41) is 4.66. The van der Waals surface area contributed by atoms with Crippen molar-refractivity contribution >= 4 is 16.5 Å². The average Bonchev–Trinajstić information content (AvgIpc) is 2.78. The van der Waals surface area contributed by atoms with Gasteiger partial charge in [0.2, 0.25) is 0 Å². The highest BCUT2D eigenvalue weighted by Crippen LogP contribution is 2.37. The summed E-state index contributed by atoms with van der Waals surface area (Å²) in [7, 11) is 6.57. The van der Waals surface area contributed by atoms with Crippen LogP contribution < -0.4 is 10.2 Å². The van der Waals surface area contributed by atoms with E-state index >= 15 is 0 Å².